The highest BCUT2D eigenvalue weighted by Crippen LogP contribution is 2.35. The number of nitrogens with two attached hydrogens (primary N) is 1. The lowest BCUT2D eigenvalue weighted by Crippen LogP contribution is -2.22. The normalized spacial score (nSPS) is 11.1. The number of carbonyl (C=O) groups excluding carboxylic acids is 2. The number of hydrogen-bond donors (Lipinski definition) is 2. The standard InChI is InChI=1S/C19H18ClF3N2O5/c1-28-6-7-29-16-5-3-12(19(21,22)23)9-15(16)25-17(26)10-30-18(27)11-2-4-13(20)14(24)8-11/h2-5,8-9H,6-7,10,24H2,1H3,(H,25,26). The molecule has 30 heavy (non-hydrogen) atoms. The lowest BCUT2D eigenvalue weighted by atomic mass is 10.1. The van der Waals surface area contributed by atoms with Crippen molar-refractivity contribution in [2.45, 2.75) is 6.18 Å². The van der Waals surface area contributed by atoms with Crippen molar-refractivity contribution < 1.29 is 37.0 Å². The van der Waals surface area contributed by atoms with Gasteiger partial charge < -0.3 is 25.3 Å². The number of amides is 1. The first-order chi connectivity index (χ1) is 14.1. The van der Waals surface area contributed by atoms with Crippen molar-refractivity contribution >= 4 is 34.9 Å². The number of halogens is 4. The molecule has 2 aromatic carbocycles. The number of esters is 1. The average Bonchev–Trinajstić information content (AvgIpc) is 2.68. The van der Waals surface area contributed by atoms with Crippen LogP contribution in [0.5, 0.6) is 5.75 Å². The van der Waals surface area contributed by atoms with Gasteiger partial charge in [0.1, 0.15) is 12.4 Å². The quantitative estimate of drug-likeness (QED) is 0.364. The number of nitrogen functional groups attached to an aromatic ring is 1. The summed E-state index contributed by atoms with van der Waals surface area (Å²) < 4.78 is 54.0. The van der Waals surface area contributed by atoms with Crippen LogP contribution in [0, 0.1) is 0 Å². The largest absolute Gasteiger partial charge is 0.489 e. The zero-order valence-electron chi connectivity index (χ0n) is 15.7. The molecule has 0 heterocycles. The van der Waals surface area contributed by atoms with Gasteiger partial charge in [0.25, 0.3) is 5.91 Å². The van der Waals surface area contributed by atoms with Gasteiger partial charge in [-0.1, -0.05) is 11.6 Å². The maximum absolute atomic E-state index is 13.0. The lowest BCUT2D eigenvalue weighted by Gasteiger charge is -2.15. The van der Waals surface area contributed by atoms with Crippen LogP contribution < -0.4 is 15.8 Å². The highest BCUT2D eigenvalue weighted by atomic mass is 35.5. The molecule has 0 aliphatic carbocycles. The minimum absolute atomic E-state index is 0.00482. The second-order valence-electron chi connectivity index (χ2n) is 5.91. The number of ether oxygens (including phenoxy) is 3. The van der Waals surface area contributed by atoms with Crippen LogP contribution in [0.25, 0.3) is 0 Å². The molecule has 2 aromatic rings. The molecule has 162 valence electrons. The second-order valence-corrected chi connectivity index (χ2v) is 6.32. The number of nitrogens with one attached hydrogen (secondary N) is 1. The van der Waals surface area contributed by atoms with Gasteiger partial charge in [-0.3, -0.25) is 4.79 Å². The molecule has 0 fully saturated rings. The van der Waals surface area contributed by atoms with Crippen LogP contribution in [0.1, 0.15) is 15.9 Å². The average molecular weight is 447 g/mol. The molecule has 0 spiro atoms. The maximum atomic E-state index is 13.0. The third kappa shape index (κ3) is 6.53. The van der Waals surface area contributed by atoms with Gasteiger partial charge in [0.15, 0.2) is 6.61 Å². The Morgan fingerprint density at radius 3 is 2.50 bits per heavy atom. The van der Waals surface area contributed by atoms with E-state index in [2.05, 4.69) is 5.32 Å². The first kappa shape index (κ1) is 23.3. The van der Waals surface area contributed by atoms with Crippen LogP contribution in [0.15, 0.2) is 36.4 Å². The minimum Gasteiger partial charge on any atom is -0.489 e. The number of hydrogen-bond acceptors (Lipinski definition) is 6. The Balaban J connectivity index is 2.07. The summed E-state index contributed by atoms with van der Waals surface area (Å²) in [7, 11) is 1.43. The summed E-state index contributed by atoms with van der Waals surface area (Å²) in [5.74, 6) is -1.71. The van der Waals surface area contributed by atoms with Crippen molar-refractivity contribution in [3.63, 3.8) is 0 Å². The molecule has 11 heteroatoms. The van der Waals surface area contributed by atoms with Gasteiger partial charge in [-0.15, -0.1) is 0 Å². The van der Waals surface area contributed by atoms with E-state index in [4.69, 9.17) is 31.5 Å². The van der Waals surface area contributed by atoms with Gasteiger partial charge in [-0.05, 0) is 36.4 Å². The van der Waals surface area contributed by atoms with E-state index < -0.39 is 30.2 Å². The zero-order chi connectivity index (χ0) is 22.3. The van der Waals surface area contributed by atoms with E-state index in [9.17, 15) is 22.8 Å². The molecule has 0 aromatic heterocycles. The summed E-state index contributed by atoms with van der Waals surface area (Å²) in [6.45, 7) is -0.497. The van der Waals surface area contributed by atoms with Crippen molar-refractivity contribution in [2.24, 2.45) is 0 Å². The van der Waals surface area contributed by atoms with Gasteiger partial charge >= 0.3 is 12.1 Å². The van der Waals surface area contributed by atoms with Crippen LogP contribution in [-0.4, -0.2) is 38.8 Å². The monoisotopic (exact) mass is 446 g/mol. The minimum atomic E-state index is -4.62. The molecule has 0 bridgehead atoms. The molecule has 0 aliphatic heterocycles. The molecule has 2 rings (SSSR count). The predicted octanol–water partition coefficient (Wildman–Crippen LogP) is 3.76. The molecular weight excluding hydrogens is 429 g/mol. The molecule has 0 aliphatic rings. The van der Waals surface area contributed by atoms with Crippen molar-refractivity contribution in [1.82, 2.24) is 0 Å². The molecule has 1 amide bonds. The predicted molar refractivity (Wildman–Crippen MR) is 104 cm³/mol. The Hall–Kier alpha value is -2.98. The van der Waals surface area contributed by atoms with Crippen LogP contribution in [0.3, 0.4) is 0 Å². The molecule has 7 nitrogen and oxygen atoms in total. The summed E-state index contributed by atoms with van der Waals surface area (Å²) in [5.41, 5.74) is 4.61. The van der Waals surface area contributed by atoms with Crippen molar-refractivity contribution in [2.75, 3.05) is 38.0 Å². The van der Waals surface area contributed by atoms with E-state index in [0.717, 1.165) is 18.2 Å². The number of rotatable bonds is 8. The third-order valence-electron chi connectivity index (χ3n) is 3.69. The number of methoxy groups -OCH3 is 1. The topological polar surface area (TPSA) is 99.9 Å². The number of alkyl halides is 3. The van der Waals surface area contributed by atoms with Crippen LogP contribution in [0.2, 0.25) is 5.02 Å². The Morgan fingerprint density at radius 1 is 1.13 bits per heavy atom. The van der Waals surface area contributed by atoms with Crippen molar-refractivity contribution in [3.05, 3.63) is 52.5 Å². The highest BCUT2D eigenvalue weighted by molar-refractivity contribution is 6.33. The van der Waals surface area contributed by atoms with Crippen LogP contribution in [-0.2, 0) is 20.4 Å². The third-order valence-corrected chi connectivity index (χ3v) is 4.04. The summed E-state index contributed by atoms with van der Waals surface area (Å²) >= 11 is 5.77. The van der Waals surface area contributed by atoms with Gasteiger partial charge in [-0.25, -0.2) is 4.79 Å². The van der Waals surface area contributed by atoms with Gasteiger partial charge in [0.05, 0.1) is 34.1 Å². The highest BCUT2D eigenvalue weighted by Gasteiger charge is 2.31. The number of carbonyl (C=O) groups is 2. The summed E-state index contributed by atoms with van der Waals surface area (Å²) in [6, 6.07) is 6.64. The van der Waals surface area contributed by atoms with Crippen LogP contribution >= 0.6 is 11.6 Å². The van der Waals surface area contributed by atoms with Crippen LogP contribution in [0.4, 0.5) is 24.5 Å². The fourth-order valence-electron chi connectivity index (χ4n) is 2.24. The van der Waals surface area contributed by atoms with E-state index in [-0.39, 0.29) is 40.9 Å². The SMILES string of the molecule is COCCOc1ccc(C(F)(F)F)cc1NC(=O)COC(=O)c1ccc(Cl)c(N)c1. The molecule has 0 atom stereocenters. The fourth-order valence-corrected chi connectivity index (χ4v) is 2.35. The molecule has 0 radical (unpaired) electrons. The molecule has 3 N–H and O–H groups in total. The first-order valence-electron chi connectivity index (χ1n) is 8.46. The second kappa shape index (κ2) is 10.2. The van der Waals surface area contributed by atoms with Gasteiger partial charge in [0, 0.05) is 7.11 Å². The number of anilines is 2. The molecule has 0 saturated carbocycles. The van der Waals surface area contributed by atoms with E-state index in [1.165, 1.54) is 25.3 Å². The van der Waals surface area contributed by atoms with E-state index >= 15 is 0 Å². The van der Waals surface area contributed by atoms with Crippen molar-refractivity contribution in [1.29, 1.82) is 0 Å². The zero-order valence-corrected chi connectivity index (χ0v) is 16.5. The molecule has 0 saturated heterocycles. The number of benzene rings is 2. The Kier molecular flexibility index (Phi) is 7.90. The van der Waals surface area contributed by atoms with E-state index in [0.29, 0.717) is 0 Å². The summed E-state index contributed by atoms with van der Waals surface area (Å²) in [6.07, 6.45) is -4.62. The summed E-state index contributed by atoms with van der Waals surface area (Å²) in [5, 5.41) is 2.49. The first-order valence-corrected chi connectivity index (χ1v) is 8.84. The Bertz CT molecular complexity index is 922. The van der Waals surface area contributed by atoms with Gasteiger partial charge in [-0.2, -0.15) is 13.2 Å². The van der Waals surface area contributed by atoms with Crippen molar-refractivity contribution in [3.8, 4) is 5.75 Å². The molecule has 0 unspecified atom stereocenters. The fraction of sp³-hybridized carbons (Fsp3) is 0.263. The maximum Gasteiger partial charge on any atom is 0.416 e. The Labute approximate surface area is 174 Å². The smallest absolute Gasteiger partial charge is 0.416 e. The molecular formula is C19H18ClF3N2O5. The van der Waals surface area contributed by atoms with Gasteiger partial charge in [0.2, 0.25) is 0 Å². The van der Waals surface area contributed by atoms with E-state index in [1.54, 1.807) is 0 Å². The Morgan fingerprint density at radius 2 is 1.87 bits per heavy atom. The summed E-state index contributed by atoms with van der Waals surface area (Å²) in [4.78, 5) is 24.1. The van der Waals surface area contributed by atoms with E-state index in [1.807, 2.05) is 0 Å². The lowest BCUT2D eigenvalue weighted by molar-refractivity contribution is -0.137.